The van der Waals surface area contributed by atoms with Gasteiger partial charge in [0.05, 0.1) is 6.04 Å². The molecule has 2 N–H and O–H groups in total. The molecule has 18 heavy (non-hydrogen) atoms. The second kappa shape index (κ2) is 5.64. The molecule has 0 fully saturated rings. The van der Waals surface area contributed by atoms with E-state index in [1.165, 1.54) is 18.5 Å². The van der Waals surface area contributed by atoms with Gasteiger partial charge in [0.1, 0.15) is 5.56 Å². The molecule has 0 spiro atoms. The summed E-state index contributed by atoms with van der Waals surface area (Å²) < 4.78 is 0. The molecule has 0 bridgehead atoms. The predicted molar refractivity (Wildman–Crippen MR) is 71.9 cm³/mol. The summed E-state index contributed by atoms with van der Waals surface area (Å²) in [7, 11) is 0. The normalized spacial score (nSPS) is 12.1. The third-order valence-corrected chi connectivity index (χ3v) is 3.65. The molecule has 0 saturated heterocycles. The van der Waals surface area contributed by atoms with E-state index in [0.717, 1.165) is 11.3 Å². The Labute approximate surface area is 109 Å². The highest BCUT2D eigenvalue weighted by Crippen LogP contribution is 2.21. The molecule has 5 heteroatoms. The molecule has 0 aliphatic rings. The maximum atomic E-state index is 12.0. The first kappa shape index (κ1) is 12.6. The molecule has 1 unspecified atom stereocenters. The van der Waals surface area contributed by atoms with Gasteiger partial charge in [0.15, 0.2) is 5.43 Å². The lowest BCUT2D eigenvalue weighted by atomic mass is 10.1. The van der Waals surface area contributed by atoms with Gasteiger partial charge >= 0.3 is 0 Å². The Kier molecular flexibility index (Phi) is 3.94. The maximum Gasteiger partial charge on any atom is 0.257 e. The van der Waals surface area contributed by atoms with Crippen molar-refractivity contribution >= 4 is 17.2 Å². The van der Waals surface area contributed by atoms with Crippen molar-refractivity contribution in [3.05, 3.63) is 56.6 Å². The van der Waals surface area contributed by atoms with E-state index >= 15 is 0 Å². The third-order valence-electron chi connectivity index (χ3n) is 2.67. The van der Waals surface area contributed by atoms with E-state index in [2.05, 4.69) is 10.3 Å². The van der Waals surface area contributed by atoms with Crippen LogP contribution in [0.1, 0.15) is 34.6 Å². The van der Waals surface area contributed by atoms with Gasteiger partial charge in [-0.2, -0.15) is 0 Å². The molecule has 4 nitrogen and oxygen atoms in total. The summed E-state index contributed by atoms with van der Waals surface area (Å²) >= 11 is 1.60. The number of rotatable bonds is 4. The minimum absolute atomic E-state index is 0.0443. The van der Waals surface area contributed by atoms with Gasteiger partial charge in [-0.3, -0.25) is 9.59 Å². The number of thiophene rings is 1. The highest BCUT2D eigenvalue weighted by atomic mass is 32.1. The minimum Gasteiger partial charge on any atom is -0.367 e. The van der Waals surface area contributed by atoms with E-state index in [9.17, 15) is 9.59 Å². The summed E-state index contributed by atoms with van der Waals surface area (Å²) in [6.07, 6.45) is 3.73. The van der Waals surface area contributed by atoms with Gasteiger partial charge in [0, 0.05) is 23.3 Å². The summed E-state index contributed by atoms with van der Waals surface area (Å²) in [6.45, 7) is 2.00. The van der Waals surface area contributed by atoms with Crippen molar-refractivity contribution in [2.75, 3.05) is 0 Å². The Morgan fingerprint density at radius 3 is 2.94 bits per heavy atom. The van der Waals surface area contributed by atoms with Gasteiger partial charge in [-0.05, 0) is 17.9 Å². The first-order valence-corrected chi connectivity index (χ1v) is 6.61. The van der Waals surface area contributed by atoms with Crippen LogP contribution in [0.25, 0.3) is 0 Å². The Morgan fingerprint density at radius 2 is 2.33 bits per heavy atom. The maximum absolute atomic E-state index is 12.0. The molecule has 1 amide bonds. The van der Waals surface area contributed by atoms with Crippen molar-refractivity contribution in [3.63, 3.8) is 0 Å². The number of aromatic amines is 1. The number of carbonyl (C=O) groups is 1. The minimum atomic E-state index is -0.336. The van der Waals surface area contributed by atoms with Gasteiger partial charge in [0.2, 0.25) is 0 Å². The summed E-state index contributed by atoms with van der Waals surface area (Å²) in [5, 5.41) is 4.85. The molecule has 0 saturated carbocycles. The van der Waals surface area contributed by atoms with Crippen molar-refractivity contribution in [3.8, 4) is 0 Å². The quantitative estimate of drug-likeness (QED) is 0.888. The average Bonchev–Trinajstić information content (AvgIpc) is 2.90. The first-order valence-electron chi connectivity index (χ1n) is 5.73. The molecule has 0 aliphatic carbocycles. The summed E-state index contributed by atoms with van der Waals surface area (Å²) in [5.74, 6) is -0.336. The zero-order valence-electron chi connectivity index (χ0n) is 9.97. The number of nitrogens with one attached hydrogen (secondary N) is 2. The van der Waals surface area contributed by atoms with Crippen LogP contribution in [0.5, 0.6) is 0 Å². The van der Waals surface area contributed by atoms with Gasteiger partial charge in [0.25, 0.3) is 5.91 Å². The summed E-state index contributed by atoms with van der Waals surface area (Å²) in [6, 6.07) is 5.23. The van der Waals surface area contributed by atoms with Crippen LogP contribution in [-0.2, 0) is 0 Å². The standard InChI is InChI=1S/C13H14N2O2S/c1-2-10(12-4-3-7-18-12)15-13(17)9-8-14-6-5-11(9)16/h3-8,10H,2H2,1H3,(H,14,16)(H,15,17). The lowest BCUT2D eigenvalue weighted by Crippen LogP contribution is -2.31. The van der Waals surface area contributed by atoms with E-state index in [-0.39, 0.29) is 22.9 Å². The molecule has 2 aromatic heterocycles. The van der Waals surface area contributed by atoms with Crippen molar-refractivity contribution in [2.45, 2.75) is 19.4 Å². The number of pyridine rings is 1. The Morgan fingerprint density at radius 1 is 1.50 bits per heavy atom. The van der Waals surface area contributed by atoms with Gasteiger partial charge < -0.3 is 10.3 Å². The van der Waals surface area contributed by atoms with E-state index < -0.39 is 0 Å². The number of H-pyrrole nitrogens is 1. The van der Waals surface area contributed by atoms with Gasteiger partial charge in [-0.25, -0.2) is 0 Å². The van der Waals surface area contributed by atoms with Gasteiger partial charge in [-0.15, -0.1) is 11.3 Å². The second-order valence-electron chi connectivity index (χ2n) is 3.87. The van der Waals surface area contributed by atoms with Crippen molar-refractivity contribution in [2.24, 2.45) is 0 Å². The van der Waals surface area contributed by atoms with Crippen LogP contribution in [-0.4, -0.2) is 10.9 Å². The van der Waals surface area contributed by atoms with Crippen LogP contribution >= 0.6 is 11.3 Å². The zero-order chi connectivity index (χ0) is 13.0. The molecule has 0 aromatic carbocycles. The Hall–Kier alpha value is -1.88. The molecular formula is C13H14N2O2S. The monoisotopic (exact) mass is 262 g/mol. The fraction of sp³-hybridized carbons (Fsp3) is 0.231. The lowest BCUT2D eigenvalue weighted by molar-refractivity contribution is 0.0935. The van der Waals surface area contributed by atoms with Crippen LogP contribution in [0.2, 0.25) is 0 Å². The molecular weight excluding hydrogens is 248 g/mol. The zero-order valence-corrected chi connectivity index (χ0v) is 10.8. The molecule has 2 heterocycles. The van der Waals surface area contributed by atoms with Crippen LogP contribution in [0.4, 0.5) is 0 Å². The Balaban J connectivity index is 2.16. The lowest BCUT2D eigenvalue weighted by Gasteiger charge is -2.15. The molecule has 94 valence electrons. The topological polar surface area (TPSA) is 62.0 Å². The third kappa shape index (κ3) is 2.68. The number of carbonyl (C=O) groups excluding carboxylic acids is 1. The fourth-order valence-electron chi connectivity index (χ4n) is 1.69. The molecule has 2 rings (SSSR count). The predicted octanol–water partition coefficient (Wildman–Crippen LogP) is 2.32. The van der Waals surface area contributed by atoms with Crippen LogP contribution in [0.15, 0.2) is 40.8 Å². The van der Waals surface area contributed by atoms with Crippen molar-refractivity contribution in [1.82, 2.24) is 10.3 Å². The van der Waals surface area contributed by atoms with Crippen LogP contribution < -0.4 is 10.7 Å². The largest absolute Gasteiger partial charge is 0.367 e. The molecule has 0 radical (unpaired) electrons. The van der Waals surface area contributed by atoms with E-state index in [1.807, 2.05) is 24.4 Å². The first-order chi connectivity index (χ1) is 8.72. The number of hydrogen-bond acceptors (Lipinski definition) is 3. The van der Waals surface area contributed by atoms with E-state index in [4.69, 9.17) is 0 Å². The molecule has 1 atom stereocenters. The van der Waals surface area contributed by atoms with Crippen molar-refractivity contribution in [1.29, 1.82) is 0 Å². The highest BCUT2D eigenvalue weighted by molar-refractivity contribution is 7.10. The molecule has 0 aliphatic heterocycles. The van der Waals surface area contributed by atoms with Crippen LogP contribution in [0.3, 0.4) is 0 Å². The molecule has 2 aromatic rings. The average molecular weight is 262 g/mol. The highest BCUT2D eigenvalue weighted by Gasteiger charge is 2.16. The smallest absolute Gasteiger partial charge is 0.257 e. The summed E-state index contributed by atoms with van der Waals surface area (Å²) in [5.41, 5.74) is -0.125. The number of aromatic nitrogens is 1. The Bertz CT molecular complexity index is 575. The number of amides is 1. The van der Waals surface area contributed by atoms with Crippen molar-refractivity contribution < 1.29 is 4.79 Å². The number of hydrogen-bond donors (Lipinski definition) is 2. The van der Waals surface area contributed by atoms with Crippen LogP contribution in [0, 0.1) is 0 Å². The second-order valence-corrected chi connectivity index (χ2v) is 4.85. The van der Waals surface area contributed by atoms with Gasteiger partial charge in [-0.1, -0.05) is 13.0 Å². The summed E-state index contributed by atoms with van der Waals surface area (Å²) in [4.78, 5) is 27.4. The SMILES string of the molecule is CCC(NC(=O)c1c[nH]ccc1=O)c1cccs1. The fourth-order valence-corrected chi connectivity index (χ4v) is 2.55. The van der Waals surface area contributed by atoms with E-state index in [1.54, 1.807) is 11.3 Å². The van der Waals surface area contributed by atoms with E-state index in [0.29, 0.717) is 0 Å².